The van der Waals surface area contributed by atoms with E-state index in [1.165, 1.54) is 0 Å². The number of esters is 1. The highest BCUT2D eigenvalue weighted by Crippen LogP contribution is 2.30. The molecule has 7 heteroatoms. The van der Waals surface area contributed by atoms with Gasteiger partial charge in [0.1, 0.15) is 6.04 Å². The summed E-state index contributed by atoms with van der Waals surface area (Å²) in [5.74, 6) is -1.57. The van der Waals surface area contributed by atoms with E-state index < -0.39 is 30.2 Å². The molecule has 4 nitrogen and oxygen atoms in total. The van der Waals surface area contributed by atoms with Gasteiger partial charge in [0.2, 0.25) is 0 Å². The molecule has 1 heterocycles. The third-order valence-electron chi connectivity index (χ3n) is 2.97. The van der Waals surface area contributed by atoms with Crippen molar-refractivity contribution >= 4 is 11.9 Å². The summed E-state index contributed by atoms with van der Waals surface area (Å²) >= 11 is 0. The number of hydrogen-bond acceptors (Lipinski definition) is 3. The molecule has 108 valence electrons. The average molecular weight is 287 g/mol. The number of alkyl halides is 3. The maximum atomic E-state index is 12.4. The normalized spacial score (nSPS) is 23.1. The van der Waals surface area contributed by atoms with Gasteiger partial charge in [-0.15, -0.1) is 0 Å². The predicted octanol–water partition coefficient (Wildman–Crippen LogP) is 2.05. The lowest BCUT2D eigenvalue weighted by Crippen LogP contribution is -2.49. The van der Waals surface area contributed by atoms with E-state index in [-0.39, 0.29) is 12.8 Å². The molecule has 0 saturated carbocycles. The summed E-state index contributed by atoms with van der Waals surface area (Å²) in [6.07, 6.45) is -7.10. The molecule has 1 aliphatic heterocycles. The van der Waals surface area contributed by atoms with Crippen LogP contribution >= 0.6 is 0 Å². The number of ether oxygens (including phenoxy) is 1. The highest BCUT2D eigenvalue weighted by atomic mass is 19.4. The maximum Gasteiger partial charge on any atom is 0.425 e. The van der Waals surface area contributed by atoms with Crippen molar-refractivity contribution in [1.82, 2.24) is 5.32 Å². The summed E-state index contributed by atoms with van der Waals surface area (Å²) in [5.41, 5.74) is 0.332. The molecule has 0 spiro atoms. The summed E-state index contributed by atoms with van der Waals surface area (Å²) in [7, 11) is 0. The molecule has 1 N–H and O–H groups in total. The minimum absolute atomic E-state index is 0.0957. The number of hydrogen-bond donors (Lipinski definition) is 1. The molecule has 0 aromatic heterocycles. The second-order valence-electron chi connectivity index (χ2n) is 4.44. The van der Waals surface area contributed by atoms with Gasteiger partial charge in [0.05, 0.1) is 0 Å². The van der Waals surface area contributed by atoms with Crippen LogP contribution in [0.5, 0.6) is 0 Å². The van der Waals surface area contributed by atoms with Crippen molar-refractivity contribution in [2.45, 2.75) is 31.2 Å². The molecule has 2 atom stereocenters. The zero-order chi connectivity index (χ0) is 14.8. The number of cyclic esters (lactones) is 1. The fraction of sp³-hybridized carbons (Fsp3) is 0.385. The van der Waals surface area contributed by atoms with Gasteiger partial charge in [-0.1, -0.05) is 18.2 Å². The summed E-state index contributed by atoms with van der Waals surface area (Å²) < 4.78 is 41.5. The molecule has 0 bridgehead atoms. The van der Waals surface area contributed by atoms with Gasteiger partial charge in [0.25, 0.3) is 5.91 Å². The zero-order valence-electron chi connectivity index (χ0n) is 10.3. The van der Waals surface area contributed by atoms with E-state index in [4.69, 9.17) is 0 Å². The standard InChI is InChI=1S/C13H12F3NO3/c14-13(15,16)10-7-6-9(12(19)20-10)17-11(18)8-4-2-1-3-5-8/h1-5,9-10H,6-7H2,(H,17,18)/t9-,10+/m1/s1. The van der Waals surface area contributed by atoms with Crippen LogP contribution < -0.4 is 5.32 Å². The molecule has 1 fully saturated rings. The highest BCUT2D eigenvalue weighted by molar-refractivity contribution is 5.96. The number of nitrogens with one attached hydrogen (secondary N) is 1. The van der Waals surface area contributed by atoms with Gasteiger partial charge in [0, 0.05) is 5.56 Å². The second-order valence-corrected chi connectivity index (χ2v) is 4.44. The van der Waals surface area contributed by atoms with Gasteiger partial charge >= 0.3 is 12.1 Å². The Kier molecular flexibility index (Phi) is 3.96. The van der Waals surface area contributed by atoms with Crippen LogP contribution in [0.4, 0.5) is 13.2 Å². The van der Waals surface area contributed by atoms with Gasteiger partial charge in [-0.3, -0.25) is 4.79 Å². The van der Waals surface area contributed by atoms with Crippen LogP contribution in [0.2, 0.25) is 0 Å². The Morgan fingerprint density at radius 2 is 1.85 bits per heavy atom. The minimum atomic E-state index is -4.57. The molecule has 0 radical (unpaired) electrons. The Balaban J connectivity index is 1.96. The summed E-state index contributed by atoms with van der Waals surface area (Å²) in [6.45, 7) is 0. The first-order valence-corrected chi connectivity index (χ1v) is 6.01. The zero-order valence-corrected chi connectivity index (χ0v) is 10.3. The largest absolute Gasteiger partial charge is 0.451 e. The van der Waals surface area contributed by atoms with Crippen molar-refractivity contribution in [3.05, 3.63) is 35.9 Å². The highest BCUT2D eigenvalue weighted by Gasteiger charge is 2.46. The van der Waals surface area contributed by atoms with Gasteiger partial charge in [0.15, 0.2) is 6.10 Å². The lowest BCUT2D eigenvalue weighted by Gasteiger charge is -2.29. The molecule has 2 rings (SSSR count). The molecule has 1 saturated heterocycles. The molecule has 0 unspecified atom stereocenters. The van der Waals surface area contributed by atoms with Crippen molar-refractivity contribution in [3.8, 4) is 0 Å². The molecular formula is C13H12F3NO3. The minimum Gasteiger partial charge on any atom is -0.451 e. The first kappa shape index (κ1) is 14.4. The molecule has 1 aromatic rings. The van der Waals surface area contributed by atoms with Gasteiger partial charge in [-0.05, 0) is 25.0 Å². The topological polar surface area (TPSA) is 55.4 Å². The number of amides is 1. The molecule has 1 aromatic carbocycles. The summed E-state index contributed by atoms with van der Waals surface area (Å²) in [5, 5.41) is 2.38. The van der Waals surface area contributed by atoms with E-state index in [2.05, 4.69) is 10.1 Å². The third kappa shape index (κ3) is 3.28. The first-order chi connectivity index (χ1) is 9.38. The lowest BCUT2D eigenvalue weighted by molar-refractivity contribution is -0.230. The Morgan fingerprint density at radius 1 is 1.20 bits per heavy atom. The molecule has 1 aliphatic rings. The van der Waals surface area contributed by atoms with Crippen molar-refractivity contribution in [3.63, 3.8) is 0 Å². The summed E-state index contributed by atoms with van der Waals surface area (Å²) in [4.78, 5) is 23.3. The maximum absolute atomic E-state index is 12.4. The Hall–Kier alpha value is -2.05. The van der Waals surface area contributed by atoms with Crippen LogP contribution in [0, 0.1) is 0 Å². The number of carbonyl (C=O) groups is 2. The van der Waals surface area contributed by atoms with Crippen LogP contribution in [-0.4, -0.2) is 30.2 Å². The second kappa shape index (κ2) is 5.52. The van der Waals surface area contributed by atoms with Crippen molar-refractivity contribution < 1.29 is 27.5 Å². The van der Waals surface area contributed by atoms with Crippen molar-refractivity contribution in [1.29, 1.82) is 0 Å². The number of halogens is 3. The van der Waals surface area contributed by atoms with E-state index in [0.29, 0.717) is 5.56 Å². The predicted molar refractivity (Wildman–Crippen MR) is 62.9 cm³/mol. The quantitative estimate of drug-likeness (QED) is 0.847. The Morgan fingerprint density at radius 3 is 2.40 bits per heavy atom. The van der Waals surface area contributed by atoms with Crippen LogP contribution in [0.3, 0.4) is 0 Å². The average Bonchev–Trinajstić information content (AvgIpc) is 2.41. The number of rotatable bonds is 2. The van der Waals surface area contributed by atoms with Crippen molar-refractivity contribution in [2.24, 2.45) is 0 Å². The van der Waals surface area contributed by atoms with E-state index in [1.807, 2.05) is 0 Å². The third-order valence-corrected chi connectivity index (χ3v) is 2.97. The number of carbonyl (C=O) groups excluding carboxylic acids is 2. The van der Waals surface area contributed by atoms with E-state index >= 15 is 0 Å². The van der Waals surface area contributed by atoms with Crippen LogP contribution in [-0.2, 0) is 9.53 Å². The van der Waals surface area contributed by atoms with Crippen LogP contribution in [0.1, 0.15) is 23.2 Å². The molecular weight excluding hydrogens is 275 g/mol. The first-order valence-electron chi connectivity index (χ1n) is 6.01. The van der Waals surface area contributed by atoms with Crippen LogP contribution in [0.15, 0.2) is 30.3 Å². The fourth-order valence-electron chi connectivity index (χ4n) is 1.91. The van der Waals surface area contributed by atoms with E-state index in [0.717, 1.165) is 0 Å². The summed E-state index contributed by atoms with van der Waals surface area (Å²) in [6, 6.07) is 7.06. The number of benzene rings is 1. The van der Waals surface area contributed by atoms with E-state index in [1.54, 1.807) is 30.3 Å². The Bertz CT molecular complexity index is 501. The Labute approximate surface area is 112 Å². The monoisotopic (exact) mass is 287 g/mol. The van der Waals surface area contributed by atoms with Crippen molar-refractivity contribution in [2.75, 3.05) is 0 Å². The van der Waals surface area contributed by atoms with Gasteiger partial charge in [-0.2, -0.15) is 13.2 Å². The molecule has 0 aliphatic carbocycles. The fourth-order valence-corrected chi connectivity index (χ4v) is 1.91. The molecule has 20 heavy (non-hydrogen) atoms. The lowest BCUT2D eigenvalue weighted by atomic mass is 10.0. The smallest absolute Gasteiger partial charge is 0.425 e. The van der Waals surface area contributed by atoms with Gasteiger partial charge < -0.3 is 10.1 Å². The van der Waals surface area contributed by atoms with Crippen LogP contribution in [0.25, 0.3) is 0 Å². The van der Waals surface area contributed by atoms with Gasteiger partial charge in [-0.25, -0.2) is 4.79 Å². The molecule has 1 amide bonds. The van der Waals surface area contributed by atoms with E-state index in [9.17, 15) is 22.8 Å². The SMILES string of the molecule is O=C(N[C@@H]1CC[C@@H](C(F)(F)F)OC1=O)c1ccccc1.